The molecule has 6 heteroatoms. The predicted molar refractivity (Wildman–Crippen MR) is 218 cm³/mol. The number of aliphatic hydroxyl groups is 2. The van der Waals surface area contributed by atoms with Crippen LogP contribution in [0.4, 0.5) is 0 Å². The van der Waals surface area contributed by atoms with E-state index in [1.165, 1.54) is 77.0 Å². The number of carbonyl (C=O) groups is 2. The number of nitrogens with one attached hydrogen (secondary N) is 1. The Bertz CT molecular complexity index is 937. The first-order valence-electron chi connectivity index (χ1n) is 21.1. The molecule has 0 aromatic carbocycles. The van der Waals surface area contributed by atoms with E-state index in [0.717, 1.165) is 64.2 Å². The highest BCUT2D eigenvalue weighted by molar-refractivity contribution is 5.77. The van der Waals surface area contributed by atoms with E-state index >= 15 is 0 Å². The molecule has 0 aliphatic heterocycles. The van der Waals surface area contributed by atoms with Crippen molar-refractivity contribution in [3.63, 3.8) is 0 Å². The molecule has 0 aromatic rings. The summed E-state index contributed by atoms with van der Waals surface area (Å²) in [6.45, 7) is 6.24. The quantitative estimate of drug-likeness (QED) is 0.0260. The topological polar surface area (TPSA) is 95.9 Å². The summed E-state index contributed by atoms with van der Waals surface area (Å²) in [5.74, 6) is -0.561. The van der Waals surface area contributed by atoms with E-state index in [1.54, 1.807) is 0 Å². The fourth-order valence-electron chi connectivity index (χ4n) is 5.97. The minimum atomic E-state index is -0.804. The number of carbonyl (C=O) groups excluding carboxylic acids is 2. The molecule has 1 amide bonds. The molecule has 0 fully saturated rings. The van der Waals surface area contributed by atoms with Gasteiger partial charge in [-0.15, -0.1) is 0 Å². The summed E-state index contributed by atoms with van der Waals surface area (Å²) in [7, 11) is 0. The van der Waals surface area contributed by atoms with E-state index < -0.39 is 18.2 Å². The number of aliphatic hydroxyl groups excluding tert-OH is 2. The van der Waals surface area contributed by atoms with E-state index in [2.05, 4.69) is 50.4 Å². The van der Waals surface area contributed by atoms with Crippen LogP contribution in [0.2, 0.25) is 0 Å². The number of hydrogen-bond acceptors (Lipinski definition) is 5. The SMILES string of the molecule is CC/C=C/C=C/C=C\C=C/CCCC(CC(=O)NC(CO)C(O)CCCCCCCCCCC)OC(=O)CCCCCCC/C=C\CCCCC. The van der Waals surface area contributed by atoms with Gasteiger partial charge in [0.05, 0.1) is 25.2 Å². The Balaban J connectivity index is 4.73. The predicted octanol–water partition coefficient (Wildman–Crippen LogP) is 11.7. The zero-order chi connectivity index (χ0) is 37.5. The lowest BCUT2D eigenvalue weighted by molar-refractivity contribution is -0.151. The second-order valence-electron chi connectivity index (χ2n) is 14.1. The first-order valence-corrected chi connectivity index (χ1v) is 21.1. The Kier molecular flexibility index (Phi) is 36.9. The maximum Gasteiger partial charge on any atom is 0.306 e. The van der Waals surface area contributed by atoms with Crippen LogP contribution >= 0.6 is 0 Å². The molecule has 0 rings (SSSR count). The highest BCUT2D eigenvalue weighted by atomic mass is 16.5. The first-order chi connectivity index (χ1) is 25.0. The molecule has 0 aromatic heterocycles. The van der Waals surface area contributed by atoms with Crippen LogP contribution in [-0.4, -0.2) is 46.9 Å². The van der Waals surface area contributed by atoms with Gasteiger partial charge in [-0.1, -0.05) is 171 Å². The second-order valence-corrected chi connectivity index (χ2v) is 14.1. The van der Waals surface area contributed by atoms with Gasteiger partial charge in [0.25, 0.3) is 0 Å². The van der Waals surface area contributed by atoms with E-state index in [9.17, 15) is 19.8 Å². The third-order valence-corrected chi connectivity index (χ3v) is 9.18. The Hall–Kier alpha value is -2.44. The average Bonchev–Trinajstić information content (AvgIpc) is 3.12. The van der Waals surface area contributed by atoms with Crippen molar-refractivity contribution in [2.24, 2.45) is 0 Å². The number of rotatable bonds is 36. The van der Waals surface area contributed by atoms with Crippen LogP contribution in [-0.2, 0) is 14.3 Å². The van der Waals surface area contributed by atoms with E-state index in [4.69, 9.17) is 4.74 Å². The van der Waals surface area contributed by atoms with Crippen molar-refractivity contribution < 1.29 is 24.5 Å². The van der Waals surface area contributed by atoms with Crippen molar-refractivity contribution >= 4 is 11.9 Å². The van der Waals surface area contributed by atoms with Crippen molar-refractivity contribution in [3.05, 3.63) is 60.8 Å². The number of allylic oxidation sites excluding steroid dienone is 10. The molecule has 0 heterocycles. The van der Waals surface area contributed by atoms with E-state index in [-0.39, 0.29) is 24.9 Å². The van der Waals surface area contributed by atoms with Crippen LogP contribution in [0.15, 0.2) is 60.8 Å². The lowest BCUT2D eigenvalue weighted by atomic mass is 10.0. The summed E-state index contributed by atoms with van der Waals surface area (Å²) in [6.07, 6.45) is 45.7. The van der Waals surface area contributed by atoms with Gasteiger partial charge in [0.15, 0.2) is 0 Å². The third-order valence-electron chi connectivity index (χ3n) is 9.18. The lowest BCUT2D eigenvalue weighted by Crippen LogP contribution is -2.46. The van der Waals surface area contributed by atoms with Crippen LogP contribution in [0.1, 0.15) is 188 Å². The first kappa shape index (κ1) is 48.6. The van der Waals surface area contributed by atoms with Gasteiger partial charge in [-0.3, -0.25) is 9.59 Å². The third kappa shape index (κ3) is 34.4. The van der Waals surface area contributed by atoms with Crippen LogP contribution in [0.3, 0.4) is 0 Å². The second kappa shape index (κ2) is 38.8. The molecule has 3 atom stereocenters. The number of ether oxygens (including phenoxy) is 1. The number of unbranched alkanes of at least 4 members (excludes halogenated alkanes) is 17. The molecule has 0 aliphatic carbocycles. The van der Waals surface area contributed by atoms with Gasteiger partial charge >= 0.3 is 5.97 Å². The maximum atomic E-state index is 13.0. The van der Waals surface area contributed by atoms with Gasteiger partial charge in [-0.2, -0.15) is 0 Å². The molecule has 3 N–H and O–H groups in total. The molecule has 0 bridgehead atoms. The van der Waals surface area contributed by atoms with Gasteiger partial charge < -0.3 is 20.3 Å². The number of amides is 1. The minimum absolute atomic E-state index is 0.0264. The summed E-state index contributed by atoms with van der Waals surface area (Å²) in [5, 5.41) is 23.5. The van der Waals surface area contributed by atoms with Crippen LogP contribution < -0.4 is 5.32 Å². The molecule has 3 unspecified atom stereocenters. The van der Waals surface area contributed by atoms with Crippen LogP contribution in [0.5, 0.6) is 0 Å². The van der Waals surface area contributed by atoms with Gasteiger partial charge in [-0.25, -0.2) is 0 Å². The summed E-state index contributed by atoms with van der Waals surface area (Å²) < 4.78 is 5.83. The Morgan fingerprint density at radius 3 is 1.73 bits per heavy atom. The Labute approximate surface area is 314 Å². The van der Waals surface area contributed by atoms with Gasteiger partial charge in [0.2, 0.25) is 5.91 Å². The summed E-state index contributed by atoms with van der Waals surface area (Å²) in [6, 6.07) is -0.722. The fourth-order valence-corrected chi connectivity index (χ4v) is 5.97. The Morgan fingerprint density at radius 1 is 0.588 bits per heavy atom. The normalized spacial score (nSPS) is 14.1. The van der Waals surface area contributed by atoms with Crippen LogP contribution in [0, 0.1) is 0 Å². The van der Waals surface area contributed by atoms with Gasteiger partial charge in [-0.05, 0) is 64.2 Å². The zero-order valence-electron chi connectivity index (χ0n) is 33.2. The van der Waals surface area contributed by atoms with Crippen molar-refractivity contribution in [2.45, 2.75) is 206 Å². The minimum Gasteiger partial charge on any atom is -0.462 e. The highest BCUT2D eigenvalue weighted by Crippen LogP contribution is 2.16. The molecule has 51 heavy (non-hydrogen) atoms. The molecule has 0 aliphatic rings. The smallest absolute Gasteiger partial charge is 0.306 e. The fraction of sp³-hybridized carbons (Fsp3) is 0.733. The molecular formula is C45H79NO5. The van der Waals surface area contributed by atoms with Crippen molar-refractivity contribution in [1.82, 2.24) is 5.32 Å². The summed E-state index contributed by atoms with van der Waals surface area (Å²) in [5.41, 5.74) is 0. The largest absolute Gasteiger partial charge is 0.462 e. The number of hydrogen-bond donors (Lipinski definition) is 3. The van der Waals surface area contributed by atoms with Crippen molar-refractivity contribution in [3.8, 4) is 0 Å². The summed E-state index contributed by atoms with van der Waals surface area (Å²) >= 11 is 0. The van der Waals surface area contributed by atoms with Crippen LogP contribution in [0.25, 0.3) is 0 Å². The van der Waals surface area contributed by atoms with Gasteiger partial charge in [0, 0.05) is 6.42 Å². The molecule has 0 saturated carbocycles. The van der Waals surface area contributed by atoms with E-state index in [0.29, 0.717) is 19.3 Å². The zero-order valence-corrected chi connectivity index (χ0v) is 33.2. The lowest BCUT2D eigenvalue weighted by Gasteiger charge is -2.24. The van der Waals surface area contributed by atoms with Gasteiger partial charge in [0.1, 0.15) is 6.10 Å². The standard InChI is InChI=1S/C45H79NO5/c1-4-7-10-13-16-19-21-23-26-29-32-35-38-45(50)51-41(36-33-30-27-25-22-20-17-14-11-8-5-2)39-44(49)46-42(40-47)43(48)37-34-31-28-24-18-15-12-9-6-3/h8,11,14,16-17,19-20,22,25,27,41-43,47-48H,4-7,9-10,12-13,15,18,21,23-24,26,28-40H2,1-3H3,(H,46,49)/b11-8+,17-14+,19-16-,22-20-,27-25-. The van der Waals surface area contributed by atoms with E-state index in [1.807, 2.05) is 36.5 Å². The molecule has 6 nitrogen and oxygen atoms in total. The number of esters is 1. The molecule has 0 saturated heterocycles. The summed E-state index contributed by atoms with van der Waals surface area (Å²) in [4.78, 5) is 25.8. The van der Waals surface area contributed by atoms with Crippen molar-refractivity contribution in [1.29, 1.82) is 0 Å². The molecule has 0 spiro atoms. The average molecular weight is 714 g/mol. The molecular weight excluding hydrogens is 634 g/mol. The van der Waals surface area contributed by atoms with Crippen molar-refractivity contribution in [2.75, 3.05) is 6.61 Å². The monoisotopic (exact) mass is 714 g/mol. The highest BCUT2D eigenvalue weighted by Gasteiger charge is 2.23. The maximum absolute atomic E-state index is 13.0. The Morgan fingerprint density at radius 2 is 1.10 bits per heavy atom. The molecule has 0 radical (unpaired) electrons. The molecule has 294 valence electrons.